The molecule has 1 aliphatic heterocycles. The van der Waals surface area contributed by atoms with E-state index in [0.717, 1.165) is 11.1 Å². The fourth-order valence-electron chi connectivity index (χ4n) is 2.93. The molecule has 0 radical (unpaired) electrons. The Morgan fingerprint density at radius 3 is 2.24 bits per heavy atom. The Labute approximate surface area is 165 Å². The summed E-state index contributed by atoms with van der Waals surface area (Å²) < 4.78 is 5.22. The van der Waals surface area contributed by atoms with Gasteiger partial charge in [-0.25, -0.2) is 9.79 Å². The van der Waals surface area contributed by atoms with Crippen LogP contribution in [0.1, 0.15) is 11.1 Å². The third-order valence-corrected chi connectivity index (χ3v) is 4.39. The highest BCUT2D eigenvalue weighted by molar-refractivity contribution is 6.13. The minimum absolute atomic E-state index is 0.0528. The first-order valence-electron chi connectivity index (χ1n) is 8.68. The summed E-state index contributed by atoms with van der Waals surface area (Å²) >= 11 is 0. The van der Waals surface area contributed by atoms with Crippen LogP contribution in [0.5, 0.6) is 5.75 Å². The van der Waals surface area contributed by atoms with E-state index in [2.05, 4.69) is 4.99 Å². The molecule has 29 heavy (non-hydrogen) atoms. The fraction of sp³-hybridized carbons (Fsp3) is 0. The molecule has 0 saturated heterocycles. The van der Waals surface area contributed by atoms with Gasteiger partial charge in [0.25, 0.3) is 0 Å². The predicted octanol–water partition coefficient (Wildman–Crippen LogP) is 4.31. The number of aliphatic imine (C=N–C) groups is 1. The zero-order valence-electron chi connectivity index (χ0n) is 15.0. The van der Waals surface area contributed by atoms with Crippen molar-refractivity contribution < 1.29 is 19.6 Å². The standard InChI is InChI=1S/C22H14N2O5/c25-20-17(7-4-8-19(20)24(27)28)13-18-22(26)29-21(23-18)16-11-9-15(10-12-16)14-5-2-1-3-6-14/h1-13,25H/b18-13-. The van der Waals surface area contributed by atoms with Gasteiger partial charge in [-0.15, -0.1) is 0 Å². The number of carbonyl (C=O) groups excluding carboxylic acids is 1. The van der Waals surface area contributed by atoms with Gasteiger partial charge in [0.05, 0.1) is 4.92 Å². The lowest BCUT2D eigenvalue weighted by atomic mass is 10.0. The molecule has 3 aromatic carbocycles. The number of aromatic hydroxyl groups is 1. The predicted molar refractivity (Wildman–Crippen MR) is 107 cm³/mol. The maximum Gasteiger partial charge on any atom is 0.363 e. The second-order valence-corrected chi connectivity index (χ2v) is 6.25. The molecule has 0 unspecified atom stereocenters. The van der Waals surface area contributed by atoms with Crippen molar-refractivity contribution in [1.82, 2.24) is 0 Å². The molecule has 0 amide bonds. The van der Waals surface area contributed by atoms with Gasteiger partial charge in [0.2, 0.25) is 11.6 Å². The maximum atomic E-state index is 12.2. The van der Waals surface area contributed by atoms with E-state index in [0.29, 0.717) is 5.56 Å². The summed E-state index contributed by atoms with van der Waals surface area (Å²) in [4.78, 5) is 26.6. The molecule has 0 spiro atoms. The number of nitro groups is 1. The molecule has 1 heterocycles. The molecule has 7 heteroatoms. The Kier molecular flexibility index (Phi) is 4.62. The van der Waals surface area contributed by atoms with Crippen molar-refractivity contribution >= 4 is 23.6 Å². The van der Waals surface area contributed by atoms with Crippen LogP contribution in [0.25, 0.3) is 17.2 Å². The van der Waals surface area contributed by atoms with Crippen molar-refractivity contribution in [2.75, 3.05) is 0 Å². The maximum absolute atomic E-state index is 12.2. The molecule has 0 bridgehead atoms. The van der Waals surface area contributed by atoms with Crippen molar-refractivity contribution in [2.45, 2.75) is 0 Å². The molecule has 0 aromatic heterocycles. The summed E-state index contributed by atoms with van der Waals surface area (Å²) in [6.45, 7) is 0. The van der Waals surface area contributed by atoms with Crippen LogP contribution < -0.4 is 0 Å². The molecule has 7 nitrogen and oxygen atoms in total. The smallest absolute Gasteiger partial charge is 0.363 e. The number of para-hydroxylation sites is 1. The van der Waals surface area contributed by atoms with Crippen LogP contribution >= 0.6 is 0 Å². The second-order valence-electron chi connectivity index (χ2n) is 6.25. The van der Waals surface area contributed by atoms with Crippen LogP contribution in [0.4, 0.5) is 5.69 Å². The van der Waals surface area contributed by atoms with Gasteiger partial charge >= 0.3 is 11.7 Å². The number of cyclic esters (lactones) is 1. The molecule has 0 fully saturated rings. The van der Waals surface area contributed by atoms with Crippen LogP contribution in [0.3, 0.4) is 0 Å². The molecule has 142 valence electrons. The number of nitro benzene ring substituents is 1. The van der Waals surface area contributed by atoms with E-state index in [4.69, 9.17) is 4.74 Å². The Hall–Kier alpha value is -4.26. The number of carbonyl (C=O) groups is 1. The average molecular weight is 386 g/mol. The van der Waals surface area contributed by atoms with Crippen molar-refractivity contribution in [3.8, 4) is 16.9 Å². The van der Waals surface area contributed by atoms with Gasteiger partial charge in [0, 0.05) is 17.2 Å². The van der Waals surface area contributed by atoms with E-state index in [1.165, 1.54) is 24.3 Å². The third kappa shape index (κ3) is 3.61. The van der Waals surface area contributed by atoms with Crippen LogP contribution in [0.15, 0.2) is 83.5 Å². The molecule has 0 atom stereocenters. The van der Waals surface area contributed by atoms with Gasteiger partial charge in [-0.05, 0) is 29.3 Å². The van der Waals surface area contributed by atoms with E-state index in [-0.39, 0.29) is 17.2 Å². The summed E-state index contributed by atoms with van der Waals surface area (Å²) in [5, 5.41) is 21.0. The van der Waals surface area contributed by atoms with Gasteiger partial charge in [-0.3, -0.25) is 10.1 Å². The Morgan fingerprint density at radius 2 is 1.55 bits per heavy atom. The Balaban J connectivity index is 1.64. The normalized spacial score (nSPS) is 14.6. The highest BCUT2D eigenvalue weighted by atomic mass is 16.6. The molecule has 1 aliphatic rings. The van der Waals surface area contributed by atoms with E-state index in [1.54, 1.807) is 12.1 Å². The summed E-state index contributed by atoms with van der Waals surface area (Å²) in [5.41, 5.74) is 2.29. The number of ether oxygens (including phenoxy) is 1. The van der Waals surface area contributed by atoms with Gasteiger partial charge in [0.1, 0.15) is 0 Å². The number of phenolic OH excluding ortho intramolecular Hbond substituents is 1. The Morgan fingerprint density at radius 1 is 0.897 bits per heavy atom. The van der Waals surface area contributed by atoms with Crippen LogP contribution in [0, 0.1) is 10.1 Å². The highest BCUT2D eigenvalue weighted by Gasteiger charge is 2.25. The lowest BCUT2D eigenvalue weighted by Crippen LogP contribution is -2.05. The summed E-state index contributed by atoms with van der Waals surface area (Å²) in [6.07, 6.45) is 1.26. The first-order valence-corrected chi connectivity index (χ1v) is 8.68. The first-order chi connectivity index (χ1) is 14.0. The van der Waals surface area contributed by atoms with Gasteiger partial charge in [-0.1, -0.05) is 54.6 Å². The van der Waals surface area contributed by atoms with E-state index in [9.17, 15) is 20.0 Å². The lowest BCUT2D eigenvalue weighted by Gasteiger charge is -2.03. The molecule has 4 rings (SSSR count). The molecule has 1 N–H and O–H groups in total. The minimum atomic E-state index is -0.701. The van der Waals surface area contributed by atoms with E-state index >= 15 is 0 Å². The van der Waals surface area contributed by atoms with E-state index < -0.39 is 22.3 Å². The summed E-state index contributed by atoms with van der Waals surface area (Å²) in [7, 11) is 0. The third-order valence-electron chi connectivity index (χ3n) is 4.39. The number of phenols is 1. The number of esters is 1. The number of nitrogens with zero attached hydrogens (tertiary/aromatic N) is 2. The van der Waals surface area contributed by atoms with Crippen LogP contribution in [-0.4, -0.2) is 21.9 Å². The molecular formula is C22H14N2O5. The first kappa shape index (κ1) is 18.1. The average Bonchev–Trinajstić information content (AvgIpc) is 3.10. The van der Waals surface area contributed by atoms with Gasteiger partial charge in [-0.2, -0.15) is 0 Å². The zero-order valence-corrected chi connectivity index (χ0v) is 15.0. The van der Waals surface area contributed by atoms with Crippen molar-refractivity contribution in [1.29, 1.82) is 0 Å². The van der Waals surface area contributed by atoms with Crippen molar-refractivity contribution in [3.63, 3.8) is 0 Å². The fourth-order valence-corrected chi connectivity index (χ4v) is 2.93. The summed E-state index contributed by atoms with van der Waals surface area (Å²) in [5.74, 6) is -1.10. The van der Waals surface area contributed by atoms with Crippen molar-refractivity contribution in [2.24, 2.45) is 4.99 Å². The molecule has 3 aromatic rings. The van der Waals surface area contributed by atoms with Gasteiger partial charge in [0.15, 0.2) is 5.70 Å². The number of benzene rings is 3. The molecular weight excluding hydrogens is 372 g/mol. The minimum Gasteiger partial charge on any atom is -0.502 e. The largest absolute Gasteiger partial charge is 0.502 e. The van der Waals surface area contributed by atoms with Crippen molar-refractivity contribution in [3.05, 3.63) is 99.7 Å². The summed E-state index contributed by atoms with van der Waals surface area (Å²) in [6, 6.07) is 21.3. The quantitative estimate of drug-likeness (QED) is 0.311. The number of rotatable bonds is 4. The highest BCUT2D eigenvalue weighted by Crippen LogP contribution is 2.32. The van der Waals surface area contributed by atoms with Crippen LogP contribution in [0.2, 0.25) is 0 Å². The lowest BCUT2D eigenvalue weighted by molar-refractivity contribution is -0.385. The number of hydrogen-bond acceptors (Lipinski definition) is 6. The molecule has 0 aliphatic carbocycles. The van der Waals surface area contributed by atoms with Gasteiger partial charge < -0.3 is 9.84 Å². The van der Waals surface area contributed by atoms with Crippen LogP contribution in [-0.2, 0) is 9.53 Å². The zero-order chi connectivity index (χ0) is 20.4. The molecule has 0 saturated carbocycles. The second kappa shape index (κ2) is 7.40. The number of hydrogen-bond donors (Lipinski definition) is 1. The monoisotopic (exact) mass is 386 g/mol. The SMILES string of the molecule is O=C1OC(c2ccc(-c3ccccc3)cc2)=N/C1=C\c1cccc([N+](=O)[O-])c1O. The topological polar surface area (TPSA) is 102 Å². The van der Waals surface area contributed by atoms with E-state index in [1.807, 2.05) is 42.5 Å². The Bertz CT molecular complexity index is 1170.